The predicted molar refractivity (Wildman–Crippen MR) is 107 cm³/mol. The van der Waals surface area contributed by atoms with Crippen LogP contribution in [-0.4, -0.2) is 35.5 Å². The second-order valence-electron chi connectivity index (χ2n) is 6.80. The summed E-state index contributed by atoms with van der Waals surface area (Å²) in [5, 5.41) is 0.803. The van der Waals surface area contributed by atoms with Crippen molar-refractivity contribution in [3.8, 4) is 0 Å². The highest BCUT2D eigenvalue weighted by Gasteiger charge is 2.28. The van der Waals surface area contributed by atoms with Crippen LogP contribution in [0.1, 0.15) is 35.7 Å². The van der Waals surface area contributed by atoms with Crippen molar-refractivity contribution < 1.29 is 4.74 Å². The third-order valence-corrected chi connectivity index (χ3v) is 6.39. The first kappa shape index (κ1) is 17.9. The van der Waals surface area contributed by atoms with Gasteiger partial charge in [0.15, 0.2) is 0 Å². The van der Waals surface area contributed by atoms with Gasteiger partial charge in [-0.05, 0) is 49.1 Å². The molecule has 0 spiro atoms. The van der Waals surface area contributed by atoms with Gasteiger partial charge in [-0.3, -0.25) is 0 Å². The summed E-state index contributed by atoms with van der Waals surface area (Å²) >= 11 is 8.61. The lowest BCUT2D eigenvalue weighted by atomic mass is 10.00. The van der Waals surface area contributed by atoms with E-state index in [0.29, 0.717) is 12.6 Å². The molecule has 0 amide bonds. The van der Waals surface area contributed by atoms with E-state index >= 15 is 0 Å². The number of anilines is 2. The zero-order chi connectivity index (χ0) is 18.1. The fourth-order valence-corrected chi connectivity index (χ4v) is 5.09. The van der Waals surface area contributed by atoms with Crippen molar-refractivity contribution in [3.05, 3.63) is 40.0 Å². The number of halogens is 1. The fraction of sp³-hybridized carbons (Fsp3) is 0.474. The number of hydrogen-bond acceptors (Lipinski definition) is 6. The van der Waals surface area contributed by atoms with Crippen LogP contribution in [-0.2, 0) is 11.2 Å². The summed E-state index contributed by atoms with van der Waals surface area (Å²) in [6, 6.07) is 6.40. The molecule has 5 nitrogen and oxygen atoms in total. The monoisotopic (exact) mass is 390 g/mol. The van der Waals surface area contributed by atoms with Crippen LogP contribution in [0.15, 0.2) is 23.1 Å². The SMILES string of the molecule is Cc1cc(N2CCCOCC2c2cc3c(cc2Cl)SCCC3)nc(N)n1. The second-order valence-corrected chi connectivity index (χ2v) is 8.34. The first-order valence-electron chi connectivity index (χ1n) is 9.02. The Morgan fingerprint density at radius 1 is 1.27 bits per heavy atom. The number of ether oxygens (including phenoxy) is 1. The van der Waals surface area contributed by atoms with Crippen molar-refractivity contribution in [2.75, 3.05) is 36.1 Å². The highest BCUT2D eigenvalue weighted by molar-refractivity contribution is 7.99. The molecule has 0 saturated carbocycles. The summed E-state index contributed by atoms with van der Waals surface area (Å²) in [6.07, 6.45) is 3.27. The van der Waals surface area contributed by atoms with E-state index < -0.39 is 0 Å². The summed E-state index contributed by atoms with van der Waals surface area (Å²) in [7, 11) is 0. The number of fused-ring (bicyclic) bond motifs is 1. The number of aromatic nitrogens is 2. The summed E-state index contributed by atoms with van der Waals surface area (Å²) in [5.41, 5.74) is 9.27. The molecule has 0 radical (unpaired) electrons. The largest absolute Gasteiger partial charge is 0.379 e. The number of rotatable bonds is 2. The molecule has 1 fully saturated rings. The first-order chi connectivity index (χ1) is 12.6. The van der Waals surface area contributed by atoms with Crippen LogP contribution in [0, 0.1) is 6.92 Å². The molecule has 2 aliphatic heterocycles. The minimum Gasteiger partial charge on any atom is -0.379 e. The summed E-state index contributed by atoms with van der Waals surface area (Å²) in [6.45, 7) is 4.12. The molecule has 3 heterocycles. The van der Waals surface area contributed by atoms with E-state index in [1.165, 1.54) is 22.6 Å². The molecule has 7 heteroatoms. The highest BCUT2D eigenvalue weighted by Crippen LogP contribution is 2.39. The zero-order valence-corrected chi connectivity index (χ0v) is 16.4. The number of nitrogens with zero attached hydrogens (tertiary/aromatic N) is 3. The topological polar surface area (TPSA) is 64.3 Å². The van der Waals surface area contributed by atoms with Gasteiger partial charge < -0.3 is 15.4 Å². The molecule has 1 unspecified atom stereocenters. The van der Waals surface area contributed by atoms with Crippen molar-refractivity contribution >= 4 is 35.1 Å². The summed E-state index contributed by atoms with van der Waals surface area (Å²) in [4.78, 5) is 12.3. The van der Waals surface area contributed by atoms with Gasteiger partial charge in [0.25, 0.3) is 0 Å². The van der Waals surface area contributed by atoms with Crippen LogP contribution in [0.5, 0.6) is 0 Å². The molecule has 2 aromatic rings. The molecule has 1 aromatic carbocycles. The molecule has 0 bridgehead atoms. The number of nitrogens with two attached hydrogens (primary N) is 1. The fourth-order valence-electron chi connectivity index (χ4n) is 3.68. The Labute approximate surface area is 163 Å². The summed E-state index contributed by atoms with van der Waals surface area (Å²) in [5.74, 6) is 2.31. The average Bonchev–Trinajstić information content (AvgIpc) is 2.86. The van der Waals surface area contributed by atoms with Gasteiger partial charge in [0, 0.05) is 34.8 Å². The minimum absolute atomic E-state index is 0.0240. The van der Waals surface area contributed by atoms with Crippen LogP contribution in [0.25, 0.3) is 0 Å². The van der Waals surface area contributed by atoms with Gasteiger partial charge >= 0.3 is 0 Å². The Morgan fingerprint density at radius 2 is 2.15 bits per heavy atom. The maximum absolute atomic E-state index is 6.71. The third kappa shape index (κ3) is 3.63. The lowest BCUT2D eigenvalue weighted by molar-refractivity contribution is 0.134. The number of aryl methyl sites for hydroxylation is 2. The van der Waals surface area contributed by atoms with E-state index in [1.54, 1.807) is 0 Å². The molecular formula is C19H23ClN4OS. The molecule has 0 aliphatic carbocycles. The Kier molecular flexibility index (Phi) is 5.25. The van der Waals surface area contributed by atoms with Crippen LogP contribution < -0.4 is 10.6 Å². The molecule has 4 rings (SSSR count). The van der Waals surface area contributed by atoms with Crippen molar-refractivity contribution in [1.29, 1.82) is 0 Å². The molecule has 1 atom stereocenters. The standard InChI is InChI=1S/C19H23ClN4OS/c1-12-8-18(23-19(21)22-12)24-5-3-6-25-11-16(24)14-9-13-4-2-7-26-17(13)10-15(14)20/h8-10,16H,2-7,11H2,1H3,(H2,21,22,23). The normalized spacial score (nSPS) is 20.5. The van der Waals surface area contributed by atoms with Gasteiger partial charge in [0.2, 0.25) is 5.95 Å². The van der Waals surface area contributed by atoms with Crippen LogP contribution >= 0.6 is 23.4 Å². The van der Waals surface area contributed by atoms with Gasteiger partial charge in [-0.1, -0.05) is 17.7 Å². The quantitative estimate of drug-likeness (QED) is 0.835. The number of nitrogen functional groups attached to an aromatic ring is 1. The maximum atomic E-state index is 6.71. The number of hydrogen-bond donors (Lipinski definition) is 1. The van der Waals surface area contributed by atoms with E-state index in [-0.39, 0.29) is 6.04 Å². The Morgan fingerprint density at radius 3 is 3.00 bits per heavy atom. The van der Waals surface area contributed by atoms with Crippen molar-refractivity contribution in [3.63, 3.8) is 0 Å². The molecule has 2 aliphatic rings. The molecule has 138 valence electrons. The number of thioether (sulfide) groups is 1. The minimum atomic E-state index is 0.0240. The zero-order valence-electron chi connectivity index (χ0n) is 14.9. The Balaban J connectivity index is 1.76. The molecule has 26 heavy (non-hydrogen) atoms. The smallest absolute Gasteiger partial charge is 0.222 e. The second kappa shape index (κ2) is 7.62. The first-order valence-corrected chi connectivity index (χ1v) is 10.4. The molecule has 1 saturated heterocycles. The Hall–Kier alpha value is -1.50. The van der Waals surface area contributed by atoms with E-state index in [9.17, 15) is 0 Å². The van der Waals surface area contributed by atoms with Gasteiger partial charge in [-0.15, -0.1) is 11.8 Å². The van der Waals surface area contributed by atoms with E-state index in [2.05, 4.69) is 27.0 Å². The van der Waals surface area contributed by atoms with Gasteiger partial charge in [0.05, 0.1) is 12.6 Å². The lowest BCUT2D eigenvalue weighted by Gasteiger charge is -2.32. The van der Waals surface area contributed by atoms with E-state index in [1.807, 2.05) is 24.8 Å². The predicted octanol–water partition coefficient (Wildman–Crippen LogP) is 4.03. The van der Waals surface area contributed by atoms with Crippen LogP contribution in [0.3, 0.4) is 0 Å². The van der Waals surface area contributed by atoms with Crippen molar-refractivity contribution in [2.45, 2.75) is 37.1 Å². The van der Waals surface area contributed by atoms with Gasteiger partial charge in [0.1, 0.15) is 5.82 Å². The van der Waals surface area contributed by atoms with Crippen molar-refractivity contribution in [2.24, 2.45) is 0 Å². The van der Waals surface area contributed by atoms with E-state index in [0.717, 1.165) is 48.1 Å². The molecule has 1 aromatic heterocycles. The van der Waals surface area contributed by atoms with Crippen LogP contribution in [0.2, 0.25) is 5.02 Å². The van der Waals surface area contributed by atoms with E-state index in [4.69, 9.17) is 22.1 Å². The maximum Gasteiger partial charge on any atom is 0.222 e. The van der Waals surface area contributed by atoms with Crippen LogP contribution in [0.4, 0.5) is 11.8 Å². The molecular weight excluding hydrogens is 368 g/mol. The highest BCUT2D eigenvalue weighted by atomic mass is 35.5. The average molecular weight is 391 g/mol. The van der Waals surface area contributed by atoms with Crippen molar-refractivity contribution in [1.82, 2.24) is 9.97 Å². The summed E-state index contributed by atoms with van der Waals surface area (Å²) < 4.78 is 5.89. The number of benzene rings is 1. The molecule has 2 N–H and O–H groups in total. The van der Waals surface area contributed by atoms with Gasteiger partial charge in [-0.2, -0.15) is 4.98 Å². The van der Waals surface area contributed by atoms with Gasteiger partial charge in [-0.25, -0.2) is 4.98 Å². The lowest BCUT2D eigenvalue weighted by Crippen LogP contribution is -2.32. The third-order valence-electron chi connectivity index (χ3n) is 4.88. The Bertz CT molecular complexity index is 796.